The minimum absolute atomic E-state index is 0.0116. The van der Waals surface area contributed by atoms with Crippen molar-refractivity contribution in [1.82, 2.24) is 16.0 Å². The van der Waals surface area contributed by atoms with Crippen LogP contribution < -0.4 is 21.3 Å². The lowest BCUT2D eigenvalue weighted by Gasteiger charge is -2.26. The molecule has 0 heterocycles. The van der Waals surface area contributed by atoms with Gasteiger partial charge in [0.25, 0.3) is 0 Å². The monoisotopic (exact) mass is 478 g/mol. The number of thioether (sulfide) groups is 1. The summed E-state index contributed by atoms with van der Waals surface area (Å²) in [5, 5.41) is 10.8. The van der Waals surface area contributed by atoms with Gasteiger partial charge in [0.1, 0.15) is 18.7 Å². The Morgan fingerprint density at radius 3 is 2.33 bits per heavy atom. The van der Waals surface area contributed by atoms with Crippen molar-refractivity contribution in [2.75, 3.05) is 23.9 Å². The second-order valence-electron chi connectivity index (χ2n) is 7.68. The second-order valence-corrected chi connectivity index (χ2v) is 8.67. The van der Waals surface area contributed by atoms with Crippen LogP contribution in [0.5, 0.6) is 0 Å². The van der Waals surface area contributed by atoms with Gasteiger partial charge in [0.15, 0.2) is 6.17 Å². The van der Waals surface area contributed by atoms with Gasteiger partial charge in [-0.05, 0) is 42.9 Å². The van der Waals surface area contributed by atoms with E-state index in [9.17, 15) is 19.2 Å². The first-order chi connectivity index (χ1) is 15.8. The Labute approximate surface area is 199 Å². The fourth-order valence-electron chi connectivity index (χ4n) is 2.91. The van der Waals surface area contributed by atoms with Crippen LogP contribution in [0.1, 0.15) is 26.7 Å². The number of hydrogen-bond donors (Lipinski definition) is 4. The molecule has 0 saturated carbocycles. The van der Waals surface area contributed by atoms with E-state index in [2.05, 4.69) is 27.8 Å². The molecule has 10 heteroatoms. The molecule has 0 unspecified atom stereocenters. The number of amides is 3. The molecule has 4 N–H and O–H groups in total. The molecule has 0 radical (unpaired) electrons. The number of carbonyl (C=O) groups excluding carboxylic acids is 4. The molecule has 3 atom stereocenters. The van der Waals surface area contributed by atoms with Gasteiger partial charge in [-0.2, -0.15) is 11.8 Å². The third kappa shape index (κ3) is 10.9. The Hall–Kier alpha value is -3.01. The van der Waals surface area contributed by atoms with Crippen LogP contribution in [-0.4, -0.2) is 61.1 Å². The molecule has 1 aromatic carbocycles. The van der Waals surface area contributed by atoms with Crippen LogP contribution in [0.2, 0.25) is 0 Å². The van der Waals surface area contributed by atoms with Crippen molar-refractivity contribution in [2.24, 2.45) is 5.92 Å². The summed E-state index contributed by atoms with van der Waals surface area (Å²) in [5.74, 6) is -0.951. The number of nitrogens with one attached hydrogen (secondary N) is 4. The normalized spacial score (nSPS) is 13.2. The van der Waals surface area contributed by atoms with Crippen LogP contribution in [0.3, 0.4) is 0 Å². The first kappa shape index (κ1) is 28.0. The van der Waals surface area contributed by atoms with Gasteiger partial charge in [-0.1, -0.05) is 44.7 Å². The van der Waals surface area contributed by atoms with Crippen LogP contribution in [0, 0.1) is 5.92 Å². The zero-order valence-electron chi connectivity index (χ0n) is 19.3. The predicted octanol–water partition coefficient (Wildman–Crippen LogP) is 1.67. The van der Waals surface area contributed by atoms with E-state index in [0.29, 0.717) is 30.7 Å². The highest BCUT2D eigenvalue weighted by atomic mass is 32.2. The molecule has 0 aromatic heterocycles. The molecule has 0 saturated heterocycles. The zero-order valence-corrected chi connectivity index (χ0v) is 20.2. The number of anilines is 1. The van der Waals surface area contributed by atoms with Gasteiger partial charge in [-0.15, -0.1) is 0 Å². The Kier molecular flexibility index (Phi) is 13.4. The molecule has 0 fully saturated rings. The number of hydrogen-bond acceptors (Lipinski definition) is 7. The van der Waals surface area contributed by atoms with E-state index in [0.717, 1.165) is 0 Å². The van der Waals surface area contributed by atoms with Gasteiger partial charge in [0, 0.05) is 5.69 Å². The molecular formula is C23H34N4O5S. The van der Waals surface area contributed by atoms with Crippen molar-refractivity contribution < 1.29 is 23.9 Å². The van der Waals surface area contributed by atoms with Gasteiger partial charge < -0.3 is 26.0 Å². The Bertz CT molecular complexity index is 775. The molecule has 1 rings (SSSR count). The maximum Gasteiger partial charge on any atom is 0.349 e. The molecular weight excluding hydrogens is 444 g/mol. The van der Waals surface area contributed by atoms with Crippen LogP contribution in [-0.2, 0) is 23.9 Å². The van der Waals surface area contributed by atoms with Crippen molar-refractivity contribution in [3.8, 4) is 0 Å². The molecule has 0 aliphatic carbocycles. The zero-order chi connectivity index (χ0) is 24.6. The highest BCUT2D eigenvalue weighted by Crippen LogP contribution is 2.10. The predicted molar refractivity (Wildman–Crippen MR) is 131 cm³/mol. The molecule has 0 aliphatic rings. The quantitative estimate of drug-likeness (QED) is 0.123. The molecule has 3 amide bonds. The lowest BCUT2D eigenvalue weighted by molar-refractivity contribution is -0.146. The van der Waals surface area contributed by atoms with Crippen molar-refractivity contribution in [1.29, 1.82) is 0 Å². The van der Waals surface area contributed by atoms with E-state index in [1.165, 1.54) is 6.08 Å². The molecule has 0 spiro atoms. The third-order valence-electron chi connectivity index (χ3n) is 4.49. The van der Waals surface area contributed by atoms with Gasteiger partial charge in [-0.3, -0.25) is 14.4 Å². The average molecular weight is 479 g/mol. The van der Waals surface area contributed by atoms with E-state index >= 15 is 0 Å². The second kappa shape index (κ2) is 15.7. The number of rotatable bonds is 16. The van der Waals surface area contributed by atoms with Gasteiger partial charge in [0.05, 0.1) is 0 Å². The number of ether oxygens (including phenoxy) is 1. The van der Waals surface area contributed by atoms with Crippen molar-refractivity contribution in [2.45, 2.75) is 44.9 Å². The van der Waals surface area contributed by atoms with Crippen molar-refractivity contribution in [3.05, 3.63) is 43.0 Å². The topological polar surface area (TPSA) is 126 Å². The summed E-state index contributed by atoms with van der Waals surface area (Å²) in [6.45, 7) is 7.34. The summed E-state index contributed by atoms with van der Waals surface area (Å²) in [6.07, 6.45) is 3.39. The highest BCUT2D eigenvalue weighted by Gasteiger charge is 2.30. The Morgan fingerprint density at radius 2 is 1.76 bits per heavy atom. The lowest BCUT2D eigenvalue weighted by Crippen LogP contribution is -2.57. The SMILES string of the molecule is C=CCOC(=O)[C@@H](NC(=O)[C@H](CC(C)C)NC(=O)[C@H](CCSC)NC=O)Nc1ccccc1. The van der Waals surface area contributed by atoms with Crippen LogP contribution in [0.25, 0.3) is 0 Å². The van der Waals surface area contributed by atoms with E-state index < -0.39 is 36.0 Å². The van der Waals surface area contributed by atoms with Crippen molar-refractivity contribution >= 4 is 41.6 Å². The van der Waals surface area contributed by atoms with Gasteiger partial charge in [-0.25, -0.2) is 4.79 Å². The summed E-state index contributed by atoms with van der Waals surface area (Å²) in [4.78, 5) is 49.3. The number of esters is 1. The Balaban J connectivity index is 2.99. The largest absolute Gasteiger partial charge is 0.459 e. The van der Waals surface area contributed by atoms with E-state index in [4.69, 9.17) is 4.74 Å². The number of benzene rings is 1. The molecule has 9 nitrogen and oxygen atoms in total. The molecule has 182 valence electrons. The first-order valence-corrected chi connectivity index (χ1v) is 12.1. The average Bonchev–Trinajstić information content (AvgIpc) is 2.79. The summed E-state index contributed by atoms with van der Waals surface area (Å²) in [5.41, 5.74) is 0.607. The standard InChI is InChI=1S/C23H34N4O5S/c1-5-12-32-23(31)20(25-17-9-7-6-8-10-17)27-22(30)19(14-16(2)3)26-21(29)18(24-15-28)11-13-33-4/h5-10,15-16,18-20,25H,1,11-14H2,2-4H3,(H,24,28)(H,26,29)(H,27,30)/t18-,19-,20+/m0/s1. The maximum absolute atomic E-state index is 13.1. The number of carbonyl (C=O) groups is 4. The van der Waals surface area contributed by atoms with Gasteiger partial charge in [0.2, 0.25) is 18.2 Å². The fourth-order valence-corrected chi connectivity index (χ4v) is 3.38. The molecule has 1 aromatic rings. The highest BCUT2D eigenvalue weighted by molar-refractivity contribution is 7.98. The van der Waals surface area contributed by atoms with E-state index in [1.54, 1.807) is 36.0 Å². The van der Waals surface area contributed by atoms with Gasteiger partial charge >= 0.3 is 5.97 Å². The molecule has 0 aliphatic heterocycles. The minimum Gasteiger partial charge on any atom is -0.459 e. The third-order valence-corrected chi connectivity index (χ3v) is 5.13. The van der Waals surface area contributed by atoms with E-state index in [-0.39, 0.29) is 12.5 Å². The molecule has 33 heavy (non-hydrogen) atoms. The fraction of sp³-hybridized carbons (Fsp3) is 0.478. The molecule has 0 bridgehead atoms. The van der Waals surface area contributed by atoms with Crippen LogP contribution in [0.4, 0.5) is 5.69 Å². The maximum atomic E-state index is 13.1. The van der Waals surface area contributed by atoms with Crippen LogP contribution in [0.15, 0.2) is 43.0 Å². The summed E-state index contributed by atoms with van der Waals surface area (Å²) < 4.78 is 5.11. The van der Waals surface area contributed by atoms with E-state index in [1.807, 2.05) is 26.2 Å². The summed E-state index contributed by atoms with van der Waals surface area (Å²) >= 11 is 1.55. The van der Waals surface area contributed by atoms with Crippen molar-refractivity contribution in [3.63, 3.8) is 0 Å². The summed E-state index contributed by atoms with van der Waals surface area (Å²) in [6, 6.07) is 7.22. The number of para-hydroxylation sites is 1. The minimum atomic E-state index is -1.17. The van der Waals surface area contributed by atoms with Crippen LogP contribution >= 0.6 is 11.8 Å². The summed E-state index contributed by atoms with van der Waals surface area (Å²) in [7, 11) is 0. The first-order valence-electron chi connectivity index (χ1n) is 10.7. The Morgan fingerprint density at radius 1 is 1.09 bits per heavy atom. The lowest BCUT2D eigenvalue weighted by atomic mass is 10.0. The smallest absolute Gasteiger partial charge is 0.349 e.